The molecule has 0 radical (unpaired) electrons. The summed E-state index contributed by atoms with van der Waals surface area (Å²) in [4.78, 5) is 33.6. The van der Waals surface area contributed by atoms with Gasteiger partial charge in [-0.25, -0.2) is 18.3 Å². The van der Waals surface area contributed by atoms with Gasteiger partial charge in [-0.05, 0) is 35.7 Å². The number of aromatic nitrogens is 1. The van der Waals surface area contributed by atoms with Crippen LogP contribution in [0.15, 0.2) is 59.1 Å². The van der Waals surface area contributed by atoms with E-state index in [1.54, 1.807) is 4.90 Å². The van der Waals surface area contributed by atoms with Gasteiger partial charge in [0.2, 0.25) is 6.79 Å². The molecule has 1 saturated heterocycles. The monoisotopic (exact) mass is 626 g/mol. The number of fused-ring (bicyclic) bond motifs is 4. The van der Waals surface area contributed by atoms with Crippen molar-refractivity contribution in [1.29, 1.82) is 0 Å². The molecule has 3 aliphatic heterocycles. The Kier molecular flexibility index (Phi) is 8.44. The molecular weight excluding hydrogens is 598 g/mol. The molecule has 4 heterocycles. The van der Waals surface area contributed by atoms with Gasteiger partial charge in [0, 0.05) is 28.3 Å². The van der Waals surface area contributed by atoms with Crippen LogP contribution in [0.25, 0.3) is 11.3 Å². The van der Waals surface area contributed by atoms with Gasteiger partial charge in [-0.3, -0.25) is 4.79 Å². The number of rotatable bonds is 7. The SMILES string of the molecule is C=CCO/N=c1\cc(-c2cc(F)c(F)c3c2Cc2ccccc2SC3)n2c(c1OCOC(=O)OC)C(=O)N1CCOC[C@H]1N2. The Bertz CT molecular complexity index is 1710. The highest BCUT2D eigenvalue weighted by Gasteiger charge is 2.39. The summed E-state index contributed by atoms with van der Waals surface area (Å²) in [7, 11) is 1.15. The molecule has 1 N–H and O–H groups in total. The molecule has 1 fully saturated rings. The second-order valence-electron chi connectivity index (χ2n) is 9.93. The number of halogens is 2. The number of ether oxygens (including phenoxy) is 4. The van der Waals surface area contributed by atoms with Crippen LogP contribution >= 0.6 is 11.8 Å². The van der Waals surface area contributed by atoms with Crippen LogP contribution < -0.4 is 15.5 Å². The maximum Gasteiger partial charge on any atom is 0.510 e. The Morgan fingerprint density at radius 1 is 1.27 bits per heavy atom. The summed E-state index contributed by atoms with van der Waals surface area (Å²) in [6, 6.07) is 10.4. The minimum absolute atomic E-state index is 0.0167. The summed E-state index contributed by atoms with van der Waals surface area (Å²) in [5.41, 5.74) is 5.67. The molecule has 230 valence electrons. The summed E-state index contributed by atoms with van der Waals surface area (Å²) in [6.45, 7) is 3.83. The van der Waals surface area contributed by atoms with E-state index in [9.17, 15) is 9.59 Å². The van der Waals surface area contributed by atoms with Crippen LogP contribution in [0.2, 0.25) is 0 Å². The van der Waals surface area contributed by atoms with Gasteiger partial charge >= 0.3 is 6.16 Å². The van der Waals surface area contributed by atoms with E-state index in [2.05, 4.69) is 21.9 Å². The number of carbonyl (C=O) groups excluding carboxylic acids is 2. The van der Waals surface area contributed by atoms with Crippen molar-refractivity contribution in [2.24, 2.45) is 5.16 Å². The van der Waals surface area contributed by atoms with Crippen LogP contribution in [0.1, 0.15) is 27.2 Å². The topological polar surface area (TPSA) is 113 Å². The summed E-state index contributed by atoms with van der Waals surface area (Å²) in [6.07, 6.45) is 0.238. The Labute approximate surface area is 254 Å². The predicted molar refractivity (Wildman–Crippen MR) is 154 cm³/mol. The standard InChI is InChI=1S/C30H28F2N4O7S/c1-3-9-43-34-22-13-23(19-12-21(31)26(32)20-15-44-24-7-5-4-6-17(24)11-18(19)20)36-27(28(22)41-16-42-30(38)39-2)29(37)35-8-10-40-14-25(35)33-36/h3-7,12-13,25,33H,1,8-11,14-16H2,2H3/b34-22+/t25-/m0/s1. The molecule has 11 nitrogen and oxygen atoms in total. The molecular formula is C30H28F2N4O7S. The Balaban J connectivity index is 1.60. The highest BCUT2D eigenvalue weighted by molar-refractivity contribution is 7.98. The van der Waals surface area contributed by atoms with Gasteiger partial charge in [0.05, 0.1) is 26.0 Å². The van der Waals surface area contributed by atoms with Crippen molar-refractivity contribution >= 4 is 23.8 Å². The number of pyridine rings is 1. The highest BCUT2D eigenvalue weighted by atomic mass is 32.2. The van der Waals surface area contributed by atoms with Crippen LogP contribution in [0.3, 0.4) is 0 Å². The minimum Gasteiger partial charge on any atom is -0.452 e. The number of nitrogens with one attached hydrogen (secondary N) is 1. The third kappa shape index (κ3) is 5.46. The largest absolute Gasteiger partial charge is 0.510 e. The van der Waals surface area contributed by atoms with E-state index in [0.717, 1.165) is 23.6 Å². The van der Waals surface area contributed by atoms with Crippen LogP contribution in [0.4, 0.5) is 13.6 Å². The molecule has 0 unspecified atom stereocenters. The van der Waals surface area contributed by atoms with E-state index in [1.807, 2.05) is 24.3 Å². The molecule has 0 bridgehead atoms. The summed E-state index contributed by atoms with van der Waals surface area (Å²) in [5.74, 6) is -2.26. The fraction of sp³-hybridized carbons (Fsp3) is 0.300. The molecule has 6 rings (SSSR count). The first-order chi connectivity index (χ1) is 21.4. The molecule has 1 amide bonds. The van der Waals surface area contributed by atoms with Crippen molar-refractivity contribution in [1.82, 2.24) is 9.58 Å². The van der Waals surface area contributed by atoms with Gasteiger partial charge in [0.1, 0.15) is 18.1 Å². The van der Waals surface area contributed by atoms with E-state index in [4.69, 9.17) is 19.0 Å². The first kappa shape index (κ1) is 29.5. The van der Waals surface area contributed by atoms with Crippen molar-refractivity contribution in [2.45, 2.75) is 23.2 Å². The molecule has 1 aromatic heterocycles. The fourth-order valence-corrected chi connectivity index (χ4v) is 6.46. The van der Waals surface area contributed by atoms with Gasteiger partial charge in [0.25, 0.3) is 5.91 Å². The Morgan fingerprint density at radius 3 is 2.93 bits per heavy atom. The van der Waals surface area contributed by atoms with E-state index in [1.165, 1.54) is 28.6 Å². The molecule has 3 aliphatic rings. The van der Waals surface area contributed by atoms with E-state index >= 15 is 8.78 Å². The zero-order chi connectivity index (χ0) is 30.8. The van der Waals surface area contributed by atoms with Crippen molar-refractivity contribution in [2.75, 3.05) is 45.7 Å². The average Bonchev–Trinajstić information content (AvgIpc) is 3.24. The smallest absolute Gasteiger partial charge is 0.452 e. The quantitative estimate of drug-likeness (QED) is 0.136. The normalized spacial score (nSPS) is 17.2. The fourth-order valence-electron chi connectivity index (χ4n) is 5.36. The Morgan fingerprint density at radius 2 is 2.11 bits per heavy atom. The van der Waals surface area contributed by atoms with Crippen molar-refractivity contribution < 1.29 is 42.2 Å². The number of methoxy groups -OCH3 is 1. The summed E-state index contributed by atoms with van der Waals surface area (Å²) >= 11 is 1.43. The molecule has 3 aromatic rings. The number of thioether (sulfide) groups is 1. The highest BCUT2D eigenvalue weighted by Crippen LogP contribution is 2.40. The van der Waals surface area contributed by atoms with Crippen LogP contribution in [-0.2, 0) is 31.2 Å². The number of morpholine rings is 1. The van der Waals surface area contributed by atoms with Crippen molar-refractivity contribution in [3.63, 3.8) is 0 Å². The molecule has 44 heavy (non-hydrogen) atoms. The second kappa shape index (κ2) is 12.6. The zero-order valence-corrected chi connectivity index (χ0v) is 24.5. The van der Waals surface area contributed by atoms with Crippen molar-refractivity contribution in [3.8, 4) is 17.0 Å². The third-order valence-corrected chi connectivity index (χ3v) is 8.52. The number of hydrogen-bond acceptors (Lipinski definition) is 10. The summed E-state index contributed by atoms with van der Waals surface area (Å²) < 4.78 is 53.0. The van der Waals surface area contributed by atoms with Gasteiger partial charge in [-0.15, -0.1) is 11.8 Å². The lowest BCUT2D eigenvalue weighted by atomic mass is 9.92. The molecule has 0 aliphatic carbocycles. The van der Waals surface area contributed by atoms with Crippen LogP contribution in [0, 0.1) is 11.6 Å². The first-order valence-electron chi connectivity index (χ1n) is 13.7. The molecule has 2 aromatic carbocycles. The third-order valence-electron chi connectivity index (χ3n) is 7.38. The lowest BCUT2D eigenvalue weighted by Crippen LogP contribution is -2.59. The second-order valence-corrected chi connectivity index (χ2v) is 11.0. The van der Waals surface area contributed by atoms with E-state index < -0.39 is 36.7 Å². The van der Waals surface area contributed by atoms with E-state index in [0.29, 0.717) is 29.8 Å². The number of nitrogens with zero attached hydrogens (tertiary/aromatic N) is 3. The number of hydrogen-bond donors (Lipinski definition) is 1. The van der Waals surface area contributed by atoms with Crippen LogP contribution in [0.5, 0.6) is 5.75 Å². The lowest BCUT2D eigenvalue weighted by Gasteiger charge is -2.42. The maximum atomic E-state index is 15.4. The molecule has 1 atom stereocenters. The lowest BCUT2D eigenvalue weighted by molar-refractivity contribution is -0.00493. The van der Waals surface area contributed by atoms with Crippen LogP contribution in [-0.4, -0.2) is 68.1 Å². The number of amides is 1. The van der Waals surface area contributed by atoms with Gasteiger partial charge in [-0.1, -0.05) is 36.0 Å². The maximum absolute atomic E-state index is 15.4. The summed E-state index contributed by atoms with van der Waals surface area (Å²) in [5, 5.41) is 4.22. The minimum atomic E-state index is -1.03. The van der Waals surface area contributed by atoms with Crippen molar-refractivity contribution in [3.05, 3.63) is 88.4 Å². The molecule has 0 saturated carbocycles. The Hall–Kier alpha value is -4.56. The van der Waals surface area contributed by atoms with E-state index in [-0.39, 0.29) is 47.9 Å². The number of benzene rings is 2. The van der Waals surface area contributed by atoms with Gasteiger partial charge in [0.15, 0.2) is 23.1 Å². The first-order valence-corrected chi connectivity index (χ1v) is 14.7. The number of carbonyl (C=O) groups is 2. The molecule has 14 heteroatoms. The van der Waals surface area contributed by atoms with Gasteiger partial charge < -0.3 is 34.1 Å². The zero-order valence-electron chi connectivity index (χ0n) is 23.6. The molecule has 0 spiro atoms. The predicted octanol–water partition coefficient (Wildman–Crippen LogP) is 4.12. The van der Waals surface area contributed by atoms with Gasteiger partial charge in [-0.2, -0.15) is 0 Å². The average molecular weight is 627 g/mol.